The standard InChI is InChI=1S/C17H20N2OS/c20-17(19-9-4-11-21-12-10-19)18-13-15-7-3-6-14-5-1-2-8-16(14)15/h1-3,5-8H,4,9-13H2,(H,18,20). The van der Waals surface area contributed by atoms with E-state index in [1.54, 1.807) is 0 Å². The fourth-order valence-corrected chi connectivity index (χ4v) is 3.57. The van der Waals surface area contributed by atoms with Gasteiger partial charge >= 0.3 is 6.03 Å². The van der Waals surface area contributed by atoms with Crippen molar-refractivity contribution in [3.8, 4) is 0 Å². The molecular weight excluding hydrogens is 280 g/mol. The number of amides is 2. The first kappa shape index (κ1) is 14.3. The van der Waals surface area contributed by atoms with Crippen molar-refractivity contribution < 1.29 is 4.79 Å². The van der Waals surface area contributed by atoms with Gasteiger partial charge in [-0.1, -0.05) is 42.5 Å². The van der Waals surface area contributed by atoms with Gasteiger partial charge in [0, 0.05) is 25.4 Å². The number of nitrogens with one attached hydrogen (secondary N) is 1. The lowest BCUT2D eigenvalue weighted by Gasteiger charge is -2.20. The third kappa shape index (κ3) is 3.50. The van der Waals surface area contributed by atoms with E-state index in [-0.39, 0.29) is 6.03 Å². The molecule has 0 aliphatic carbocycles. The summed E-state index contributed by atoms with van der Waals surface area (Å²) in [6, 6.07) is 14.6. The summed E-state index contributed by atoms with van der Waals surface area (Å²) in [7, 11) is 0. The smallest absolute Gasteiger partial charge is 0.317 e. The van der Waals surface area contributed by atoms with Crippen LogP contribution in [-0.4, -0.2) is 35.5 Å². The molecule has 2 amide bonds. The second-order valence-electron chi connectivity index (χ2n) is 5.25. The molecule has 0 aromatic heterocycles. The Morgan fingerprint density at radius 3 is 2.90 bits per heavy atom. The average Bonchev–Trinajstić information content (AvgIpc) is 2.82. The van der Waals surface area contributed by atoms with Gasteiger partial charge in [-0.3, -0.25) is 0 Å². The summed E-state index contributed by atoms with van der Waals surface area (Å²) >= 11 is 1.93. The zero-order chi connectivity index (χ0) is 14.5. The fraction of sp³-hybridized carbons (Fsp3) is 0.353. The molecule has 2 aromatic carbocycles. The van der Waals surface area contributed by atoms with Crippen LogP contribution in [-0.2, 0) is 6.54 Å². The van der Waals surface area contributed by atoms with E-state index in [0.29, 0.717) is 6.54 Å². The number of nitrogens with zero attached hydrogens (tertiary/aromatic N) is 1. The molecule has 0 saturated carbocycles. The van der Waals surface area contributed by atoms with Crippen molar-refractivity contribution in [2.24, 2.45) is 0 Å². The van der Waals surface area contributed by atoms with E-state index in [4.69, 9.17) is 0 Å². The molecule has 0 unspecified atom stereocenters. The summed E-state index contributed by atoms with van der Waals surface area (Å²) in [6.45, 7) is 2.31. The van der Waals surface area contributed by atoms with Gasteiger partial charge in [0.05, 0.1) is 0 Å². The van der Waals surface area contributed by atoms with Crippen molar-refractivity contribution in [1.29, 1.82) is 0 Å². The van der Waals surface area contributed by atoms with Crippen molar-refractivity contribution in [2.75, 3.05) is 24.6 Å². The predicted octanol–water partition coefficient (Wildman–Crippen LogP) is 3.49. The fourth-order valence-electron chi connectivity index (χ4n) is 2.68. The summed E-state index contributed by atoms with van der Waals surface area (Å²) in [4.78, 5) is 14.2. The maximum atomic E-state index is 12.3. The highest BCUT2D eigenvalue weighted by molar-refractivity contribution is 7.99. The molecule has 21 heavy (non-hydrogen) atoms. The van der Waals surface area contributed by atoms with E-state index in [1.807, 2.05) is 34.9 Å². The molecule has 1 saturated heterocycles. The van der Waals surface area contributed by atoms with Gasteiger partial charge in [-0.15, -0.1) is 0 Å². The monoisotopic (exact) mass is 300 g/mol. The van der Waals surface area contributed by atoms with E-state index in [2.05, 4.69) is 29.6 Å². The SMILES string of the molecule is O=C(NCc1cccc2ccccc12)N1CCCSCC1. The molecule has 0 atom stereocenters. The van der Waals surface area contributed by atoms with Crippen LogP contribution < -0.4 is 5.32 Å². The Hall–Kier alpha value is -1.68. The number of fused-ring (bicyclic) bond motifs is 1. The van der Waals surface area contributed by atoms with Crippen LogP contribution in [0.1, 0.15) is 12.0 Å². The molecule has 4 heteroatoms. The van der Waals surface area contributed by atoms with Gasteiger partial charge in [0.1, 0.15) is 0 Å². The molecular formula is C17H20N2OS. The third-order valence-electron chi connectivity index (χ3n) is 3.82. The first-order chi connectivity index (χ1) is 10.3. The predicted molar refractivity (Wildman–Crippen MR) is 89.7 cm³/mol. The molecule has 1 aliphatic rings. The molecule has 0 spiro atoms. The van der Waals surface area contributed by atoms with E-state index < -0.39 is 0 Å². The lowest BCUT2D eigenvalue weighted by molar-refractivity contribution is 0.201. The topological polar surface area (TPSA) is 32.3 Å². The zero-order valence-corrected chi connectivity index (χ0v) is 12.9. The normalized spacial score (nSPS) is 15.7. The molecule has 1 heterocycles. The van der Waals surface area contributed by atoms with Crippen molar-refractivity contribution in [3.63, 3.8) is 0 Å². The average molecular weight is 300 g/mol. The number of carbonyl (C=O) groups excluding carboxylic acids is 1. The number of rotatable bonds is 2. The minimum atomic E-state index is 0.0606. The van der Waals surface area contributed by atoms with Crippen molar-refractivity contribution >= 4 is 28.6 Å². The quantitative estimate of drug-likeness (QED) is 0.921. The Morgan fingerprint density at radius 1 is 1.10 bits per heavy atom. The van der Waals surface area contributed by atoms with E-state index >= 15 is 0 Å². The Balaban J connectivity index is 1.67. The molecule has 2 aromatic rings. The number of hydrogen-bond acceptors (Lipinski definition) is 2. The summed E-state index contributed by atoms with van der Waals surface area (Å²) in [6.07, 6.45) is 1.09. The van der Waals surface area contributed by atoms with E-state index in [1.165, 1.54) is 16.3 Å². The third-order valence-corrected chi connectivity index (χ3v) is 4.87. The number of thioether (sulfide) groups is 1. The number of benzene rings is 2. The zero-order valence-electron chi connectivity index (χ0n) is 12.0. The highest BCUT2D eigenvalue weighted by Gasteiger charge is 2.15. The van der Waals surface area contributed by atoms with Gasteiger partial charge in [-0.05, 0) is 28.5 Å². The molecule has 1 fully saturated rings. The van der Waals surface area contributed by atoms with Gasteiger partial charge in [0.25, 0.3) is 0 Å². The van der Waals surface area contributed by atoms with Gasteiger partial charge in [0.2, 0.25) is 0 Å². The Morgan fingerprint density at radius 2 is 1.95 bits per heavy atom. The largest absolute Gasteiger partial charge is 0.334 e. The van der Waals surface area contributed by atoms with E-state index in [0.717, 1.165) is 31.0 Å². The Bertz CT molecular complexity index is 616. The molecule has 1 aliphatic heterocycles. The van der Waals surface area contributed by atoms with Crippen LogP contribution in [0.4, 0.5) is 4.79 Å². The van der Waals surface area contributed by atoms with Crippen LogP contribution in [0.2, 0.25) is 0 Å². The molecule has 3 rings (SSSR count). The van der Waals surface area contributed by atoms with Crippen molar-refractivity contribution in [3.05, 3.63) is 48.0 Å². The number of hydrogen-bond donors (Lipinski definition) is 1. The Labute approximate surface area is 129 Å². The molecule has 0 bridgehead atoms. The van der Waals surface area contributed by atoms with Crippen LogP contribution in [0, 0.1) is 0 Å². The molecule has 1 N–H and O–H groups in total. The first-order valence-electron chi connectivity index (χ1n) is 7.42. The minimum Gasteiger partial charge on any atom is -0.334 e. The summed E-state index contributed by atoms with van der Waals surface area (Å²) < 4.78 is 0. The highest BCUT2D eigenvalue weighted by atomic mass is 32.2. The first-order valence-corrected chi connectivity index (χ1v) is 8.57. The van der Waals surface area contributed by atoms with Crippen LogP contribution in [0.15, 0.2) is 42.5 Å². The van der Waals surface area contributed by atoms with Crippen molar-refractivity contribution in [1.82, 2.24) is 10.2 Å². The highest BCUT2D eigenvalue weighted by Crippen LogP contribution is 2.18. The van der Waals surface area contributed by atoms with Gasteiger partial charge in [0.15, 0.2) is 0 Å². The lowest BCUT2D eigenvalue weighted by Crippen LogP contribution is -2.40. The number of urea groups is 1. The van der Waals surface area contributed by atoms with Gasteiger partial charge in [-0.25, -0.2) is 4.79 Å². The second-order valence-corrected chi connectivity index (χ2v) is 6.47. The second kappa shape index (κ2) is 6.85. The molecule has 0 radical (unpaired) electrons. The van der Waals surface area contributed by atoms with Crippen LogP contribution in [0.3, 0.4) is 0 Å². The van der Waals surface area contributed by atoms with Crippen LogP contribution >= 0.6 is 11.8 Å². The van der Waals surface area contributed by atoms with Crippen LogP contribution in [0.25, 0.3) is 10.8 Å². The summed E-state index contributed by atoms with van der Waals surface area (Å²) in [5.74, 6) is 2.20. The van der Waals surface area contributed by atoms with Gasteiger partial charge in [-0.2, -0.15) is 11.8 Å². The van der Waals surface area contributed by atoms with Crippen molar-refractivity contribution in [2.45, 2.75) is 13.0 Å². The number of carbonyl (C=O) groups is 1. The van der Waals surface area contributed by atoms with Crippen LogP contribution in [0.5, 0.6) is 0 Å². The lowest BCUT2D eigenvalue weighted by atomic mass is 10.0. The van der Waals surface area contributed by atoms with E-state index in [9.17, 15) is 4.79 Å². The summed E-state index contributed by atoms with van der Waals surface area (Å²) in [5.41, 5.74) is 1.17. The van der Waals surface area contributed by atoms with Gasteiger partial charge < -0.3 is 10.2 Å². The Kier molecular flexibility index (Phi) is 4.65. The molecule has 3 nitrogen and oxygen atoms in total. The minimum absolute atomic E-state index is 0.0606. The summed E-state index contributed by atoms with van der Waals surface area (Å²) in [5, 5.41) is 5.50. The molecule has 110 valence electrons. The maximum absolute atomic E-state index is 12.3. The maximum Gasteiger partial charge on any atom is 0.317 e.